The molecule has 3 rings (SSSR count). The van der Waals surface area contributed by atoms with Crippen molar-refractivity contribution < 1.29 is 18.1 Å². The molecule has 0 saturated carbocycles. The number of anilines is 1. The van der Waals surface area contributed by atoms with Gasteiger partial charge in [0.2, 0.25) is 15.9 Å². The van der Waals surface area contributed by atoms with E-state index in [0.717, 1.165) is 14.3 Å². The number of hydrogen-bond acceptors (Lipinski definition) is 5. The van der Waals surface area contributed by atoms with Crippen LogP contribution in [0.3, 0.4) is 0 Å². The molecule has 0 heterocycles. The van der Waals surface area contributed by atoms with Gasteiger partial charge in [0, 0.05) is 17.1 Å². The molecule has 0 radical (unpaired) electrons. The topological polar surface area (TPSA) is 110 Å². The molecule has 0 bridgehead atoms. The molecule has 0 aliphatic carbocycles. The van der Waals surface area contributed by atoms with Crippen molar-refractivity contribution >= 4 is 43.2 Å². The first-order valence-corrected chi connectivity index (χ1v) is 12.3. The number of benzene rings is 3. The van der Waals surface area contributed by atoms with E-state index >= 15 is 0 Å². The van der Waals surface area contributed by atoms with E-state index in [0.29, 0.717) is 12.0 Å². The average molecular weight is 532 g/mol. The van der Waals surface area contributed by atoms with Gasteiger partial charge in [-0.2, -0.15) is 4.31 Å². The molecule has 3 aromatic carbocycles. The Morgan fingerprint density at radius 1 is 1.03 bits per heavy atom. The predicted octanol–water partition coefficient (Wildman–Crippen LogP) is 4.54. The van der Waals surface area contributed by atoms with Crippen LogP contribution in [-0.2, 0) is 21.2 Å². The van der Waals surface area contributed by atoms with Crippen molar-refractivity contribution in [2.75, 3.05) is 18.4 Å². The molecule has 0 unspecified atom stereocenters. The van der Waals surface area contributed by atoms with E-state index in [1.54, 1.807) is 12.1 Å². The minimum Gasteiger partial charge on any atom is -0.324 e. The summed E-state index contributed by atoms with van der Waals surface area (Å²) in [5.41, 5.74) is 1.36. The van der Waals surface area contributed by atoms with Gasteiger partial charge in [0.25, 0.3) is 5.69 Å². The average Bonchev–Trinajstić information content (AvgIpc) is 2.78. The van der Waals surface area contributed by atoms with Crippen LogP contribution >= 0.6 is 15.9 Å². The molecular weight excluding hydrogens is 510 g/mol. The molecule has 0 aromatic heterocycles. The number of nitrogens with one attached hydrogen (secondary N) is 1. The SMILES string of the molecule is Cc1c(NC(=O)CN(CCc2ccccc2)S(=O)(=O)c2ccc(Br)cc2)cccc1[N+](=O)[O-]. The third-order valence-corrected chi connectivity index (χ3v) is 7.43. The van der Waals surface area contributed by atoms with Gasteiger partial charge < -0.3 is 5.32 Å². The van der Waals surface area contributed by atoms with E-state index < -0.39 is 27.4 Å². The van der Waals surface area contributed by atoms with Crippen molar-refractivity contribution in [3.63, 3.8) is 0 Å². The van der Waals surface area contributed by atoms with Crippen LogP contribution in [0.25, 0.3) is 0 Å². The highest BCUT2D eigenvalue weighted by atomic mass is 79.9. The number of sulfonamides is 1. The Morgan fingerprint density at radius 3 is 2.33 bits per heavy atom. The monoisotopic (exact) mass is 531 g/mol. The largest absolute Gasteiger partial charge is 0.324 e. The molecule has 8 nitrogen and oxygen atoms in total. The fraction of sp³-hybridized carbons (Fsp3) is 0.174. The molecule has 0 aliphatic heterocycles. The lowest BCUT2D eigenvalue weighted by atomic mass is 10.1. The fourth-order valence-corrected chi connectivity index (χ4v) is 4.91. The molecule has 0 fully saturated rings. The van der Waals surface area contributed by atoms with E-state index in [1.165, 1.54) is 37.3 Å². The van der Waals surface area contributed by atoms with E-state index in [1.807, 2.05) is 30.3 Å². The zero-order chi connectivity index (χ0) is 24.0. The number of nitro groups is 1. The van der Waals surface area contributed by atoms with Crippen molar-refractivity contribution in [2.24, 2.45) is 0 Å². The van der Waals surface area contributed by atoms with Gasteiger partial charge in [0.1, 0.15) is 0 Å². The van der Waals surface area contributed by atoms with E-state index in [9.17, 15) is 23.3 Å². The Kier molecular flexibility index (Phi) is 7.96. The van der Waals surface area contributed by atoms with Gasteiger partial charge in [-0.1, -0.05) is 52.3 Å². The van der Waals surface area contributed by atoms with Gasteiger partial charge in [-0.05, 0) is 49.2 Å². The second-order valence-corrected chi connectivity index (χ2v) is 10.1. The van der Waals surface area contributed by atoms with Crippen LogP contribution < -0.4 is 5.32 Å². The number of rotatable bonds is 9. The van der Waals surface area contributed by atoms with Crippen molar-refractivity contribution in [3.8, 4) is 0 Å². The summed E-state index contributed by atoms with van der Waals surface area (Å²) < 4.78 is 28.5. The highest BCUT2D eigenvalue weighted by Gasteiger charge is 2.27. The number of nitrogens with zero attached hydrogens (tertiary/aromatic N) is 2. The predicted molar refractivity (Wildman–Crippen MR) is 130 cm³/mol. The minimum atomic E-state index is -3.96. The highest BCUT2D eigenvalue weighted by Crippen LogP contribution is 2.25. The third kappa shape index (κ3) is 6.25. The summed E-state index contributed by atoms with van der Waals surface area (Å²) in [5, 5.41) is 13.8. The maximum atomic E-state index is 13.3. The molecular formula is C23H22BrN3O5S. The van der Waals surface area contributed by atoms with Gasteiger partial charge in [0.05, 0.1) is 27.6 Å². The van der Waals surface area contributed by atoms with E-state index in [2.05, 4.69) is 21.2 Å². The first-order valence-electron chi connectivity index (χ1n) is 10.0. The molecule has 1 N–H and O–H groups in total. The molecule has 172 valence electrons. The van der Waals surface area contributed by atoms with Gasteiger partial charge in [-0.15, -0.1) is 0 Å². The molecule has 10 heteroatoms. The first-order chi connectivity index (χ1) is 15.7. The van der Waals surface area contributed by atoms with Crippen molar-refractivity contribution in [3.05, 3.63) is 98.5 Å². The number of carbonyl (C=O) groups is 1. The molecule has 0 spiro atoms. The first kappa shape index (κ1) is 24.6. The molecule has 0 atom stereocenters. The Morgan fingerprint density at radius 2 is 1.70 bits per heavy atom. The Bertz CT molecular complexity index is 1250. The zero-order valence-electron chi connectivity index (χ0n) is 17.8. The van der Waals surface area contributed by atoms with Crippen LogP contribution in [0.1, 0.15) is 11.1 Å². The number of amides is 1. The number of halogens is 1. The van der Waals surface area contributed by atoms with E-state index in [-0.39, 0.29) is 22.8 Å². The van der Waals surface area contributed by atoms with Crippen molar-refractivity contribution in [1.82, 2.24) is 4.31 Å². The summed E-state index contributed by atoms with van der Waals surface area (Å²) in [6.45, 7) is 1.18. The summed E-state index contributed by atoms with van der Waals surface area (Å²) in [5.74, 6) is -0.590. The fourth-order valence-electron chi connectivity index (χ4n) is 3.24. The van der Waals surface area contributed by atoms with Crippen LogP contribution in [0.5, 0.6) is 0 Å². The second-order valence-electron chi connectivity index (χ2n) is 7.28. The van der Waals surface area contributed by atoms with Gasteiger partial charge in [-0.3, -0.25) is 14.9 Å². The maximum Gasteiger partial charge on any atom is 0.274 e. The second kappa shape index (κ2) is 10.7. The Labute approximate surface area is 200 Å². The lowest BCUT2D eigenvalue weighted by Gasteiger charge is -2.22. The van der Waals surface area contributed by atoms with Crippen molar-refractivity contribution in [2.45, 2.75) is 18.2 Å². The summed E-state index contributed by atoms with van der Waals surface area (Å²) in [6, 6.07) is 19.9. The summed E-state index contributed by atoms with van der Waals surface area (Å²) in [4.78, 5) is 23.5. The molecule has 3 aromatic rings. The van der Waals surface area contributed by atoms with Crippen LogP contribution in [0.2, 0.25) is 0 Å². The number of carbonyl (C=O) groups excluding carboxylic acids is 1. The highest BCUT2D eigenvalue weighted by molar-refractivity contribution is 9.10. The summed E-state index contributed by atoms with van der Waals surface area (Å²) >= 11 is 3.29. The minimum absolute atomic E-state index is 0.0677. The van der Waals surface area contributed by atoms with Gasteiger partial charge in [-0.25, -0.2) is 8.42 Å². The summed E-state index contributed by atoms with van der Waals surface area (Å²) in [6.07, 6.45) is 0.416. The van der Waals surface area contributed by atoms with Crippen molar-refractivity contribution in [1.29, 1.82) is 0 Å². The summed E-state index contributed by atoms with van der Waals surface area (Å²) in [7, 11) is -3.96. The standard InChI is InChI=1S/C23H22BrN3O5S/c1-17-21(8-5-9-22(17)27(29)30)25-23(28)16-26(15-14-18-6-3-2-4-7-18)33(31,32)20-12-10-19(24)11-13-20/h2-13H,14-16H2,1H3,(H,25,28). The maximum absolute atomic E-state index is 13.3. The van der Waals surface area contributed by atoms with Crippen LogP contribution in [-0.4, -0.2) is 36.6 Å². The van der Waals surface area contributed by atoms with Crippen LogP contribution in [0.4, 0.5) is 11.4 Å². The number of nitro benzene ring substituents is 1. The molecule has 0 saturated heterocycles. The normalized spacial score (nSPS) is 11.4. The van der Waals surface area contributed by atoms with Crippen LogP contribution in [0, 0.1) is 17.0 Å². The Balaban J connectivity index is 1.84. The quantitative estimate of drug-likeness (QED) is 0.322. The molecule has 0 aliphatic rings. The number of hydrogen-bond donors (Lipinski definition) is 1. The Hall–Kier alpha value is -3.08. The smallest absolute Gasteiger partial charge is 0.274 e. The van der Waals surface area contributed by atoms with Crippen LogP contribution in [0.15, 0.2) is 82.2 Å². The lowest BCUT2D eigenvalue weighted by Crippen LogP contribution is -2.39. The van der Waals surface area contributed by atoms with E-state index in [4.69, 9.17) is 0 Å². The van der Waals surface area contributed by atoms with Gasteiger partial charge >= 0.3 is 0 Å². The van der Waals surface area contributed by atoms with Gasteiger partial charge in [0.15, 0.2) is 0 Å². The molecule has 1 amide bonds. The zero-order valence-corrected chi connectivity index (χ0v) is 20.2. The lowest BCUT2D eigenvalue weighted by molar-refractivity contribution is -0.385. The third-order valence-electron chi connectivity index (χ3n) is 5.04. The molecule has 33 heavy (non-hydrogen) atoms.